The Morgan fingerprint density at radius 2 is 1.29 bits per heavy atom. The molecule has 4 heteroatoms. The van der Waals surface area contributed by atoms with E-state index in [-0.39, 0.29) is 0 Å². The third-order valence-electron chi connectivity index (χ3n) is 3.23. The van der Waals surface area contributed by atoms with Crippen LogP contribution in [0.3, 0.4) is 0 Å². The number of nitrogens with two attached hydrogens (primary N) is 1. The van der Waals surface area contributed by atoms with Crippen molar-refractivity contribution in [1.82, 2.24) is 0 Å². The monoisotopic (exact) mass is 285 g/mol. The third-order valence-corrected chi connectivity index (χ3v) is 3.23. The van der Waals surface area contributed by atoms with Gasteiger partial charge in [0.1, 0.15) is 17.2 Å². The lowest BCUT2D eigenvalue weighted by atomic mass is 9.98. The first-order valence-corrected chi connectivity index (χ1v) is 6.51. The van der Waals surface area contributed by atoms with Gasteiger partial charge < -0.3 is 19.9 Å². The van der Waals surface area contributed by atoms with Crippen molar-refractivity contribution in [3.8, 4) is 17.2 Å². The smallest absolute Gasteiger partial charge is 0.123 e. The minimum atomic E-state index is 0.720. The van der Waals surface area contributed by atoms with E-state index in [0.29, 0.717) is 0 Å². The van der Waals surface area contributed by atoms with Crippen molar-refractivity contribution < 1.29 is 14.2 Å². The van der Waals surface area contributed by atoms with Gasteiger partial charge in [0.05, 0.1) is 21.3 Å². The molecule has 2 aromatic rings. The lowest BCUT2D eigenvalue weighted by molar-refractivity contribution is 0.394. The first kappa shape index (κ1) is 14.8. The summed E-state index contributed by atoms with van der Waals surface area (Å²) in [7, 11) is 4.89. The summed E-state index contributed by atoms with van der Waals surface area (Å²) < 4.78 is 15.8. The Morgan fingerprint density at radius 1 is 0.762 bits per heavy atom. The molecule has 0 aliphatic carbocycles. The molecule has 0 heterocycles. The predicted molar refractivity (Wildman–Crippen MR) is 83.8 cm³/mol. The Hall–Kier alpha value is -2.62. The standard InChI is InChI=1S/C17H19NO3/c1-19-14-6-4-12(5-7-14)17(11-18)13-8-15(20-2)10-16(9-13)21-3/h4-11H,18H2,1-3H3. The van der Waals surface area contributed by atoms with Crippen LogP contribution in [0.15, 0.2) is 48.7 Å². The molecule has 2 aromatic carbocycles. The molecule has 0 aromatic heterocycles. The molecule has 0 saturated heterocycles. The Labute approximate surface area is 124 Å². The van der Waals surface area contributed by atoms with E-state index in [1.165, 1.54) is 0 Å². The van der Waals surface area contributed by atoms with Gasteiger partial charge in [0.25, 0.3) is 0 Å². The van der Waals surface area contributed by atoms with Crippen molar-refractivity contribution in [2.24, 2.45) is 5.73 Å². The fraction of sp³-hybridized carbons (Fsp3) is 0.176. The average Bonchev–Trinajstić information content (AvgIpc) is 2.55. The van der Waals surface area contributed by atoms with E-state index in [1.54, 1.807) is 27.5 Å². The number of rotatable bonds is 5. The molecule has 0 radical (unpaired) electrons. The van der Waals surface area contributed by atoms with Gasteiger partial charge in [-0.2, -0.15) is 0 Å². The summed E-state index contributed by atoms with van der Waals surface area (Å²) >= 11 is 0. The number of hydrogen-bond acceptors (Lipinski definition) is 4. The molecule has 4 nitrogen and oxygen atoms in total. The second-order valence-electron chi connectivity index (χ2n) is 4.41. The van der Waals surface area contributed by atoms with E-state index in [1.807, 2.05) is 42.5 Å². The lowest BCUT2D eigenvalue weighted by Crippen LogP contribution is -1.95. The third kappa shape index (κ3) is 3.28. The Kier molecular flexibility index (Phi) is 4.72. The maximum absolute atomic E-state index is 5.82. The van der Waals surface area contributed by atoms with Crippen LogP contribution in [0, 0.1) is 0 Å². The number of hydrogen-bond donors (Lipinski definition) is 1. The molecule has 0 unspecified atom stereocenters. The zero-order chi connectivity index (χ0) is 15.2. The highest BCUT2D eigenvalue weighted by molar-refractivity contribution is 5.80. The van der Waals surface area contributed by atoms with Crippen LogP contribution in [0.1, 0.15) is 11.1 Å². The molecule has 0 aliphatic heterocycles. The first-order chi connectivity index (χ1) is 10.2. The lowest BCUT2D eigenvalue weighted by Gasteiger charge is -2.12. The van der Waals surface area contributed by atoms with Gasteiger partial charge in [-0.1, -0.05) is 12.1 Å². The normalized spacial score (nSPS) is 11.1. The molecular formula is C17H19NO3. The minimum absolute atomic E-state index is 0.720. The summed E-state index contributed by atoms with van der Waals surface area (Å²) in [5.41, 5.74) is 8.64. The maximum Gasteiger partial charge on any atom is 0.123 e. The summed E-state index contributed by atoms with van der Waals surface area (Å²) in [5.74, 6) is 2.24. The van der Waals surface area contributed by atoms with E-state index in [9.17, 15) is 0 Å². The average molecular weight is 285 g/mol. The van der Waals surface area contributed by atoms with Crippen LogP contribution in [0.25, 0.3) is 5.57 Å². The second kappa shape index (κ2) is 6.70. The molecule has 0 amide bonds. The molecule has 2 rings (SSSR count). The van der Waals surface area contributed by atoms with Gasteiger partial charge in [0, 0.05) is 17.8 Å². The van der Waals surface area contributed by atoms with Crippen molar-refractivity contribution in [3.63, 3.8) is 0 Å². The summed E-state index contributed by atoms with van der Waals surface area (Å²) in [6.45, 7) is 0. The van der Waals surface area contributed by atoms with Gasteiger partial charge in [0.2, 0.25) is 0 Å². The topological polar surface area (TPSA) is 53.7 Å². The molecule has 110 valence electrons. The number of methoxy groups -OCH3 is 3. The maximum atomic E-state index is 5.82. The molecule has 21 heavy (non-hydrogen) atoms. The zero-order valence-corrected chi connectivity index (χ0v) is 12.4. The highest BCUT2D eigenvalue weighted by Crippen LogP contribution is 2.30. The van der Waals surface area contributed by atoms with Crippen LogP contribution < -0.4 is 19.9 Å². The molecule has 0 spiro atoms. The van der Waals surface area contributed by atoms with Crippen LogP contribution in [-0.4, -0.2) is 21.3 Å². The molecular weight excluding hydrogens is 266 g/mol. The highest BCUT2D eigenvalue weighted by Gasteiger charge is 2.09. The number of benzene rings is 2. The van der Waals surface area contributed by atoms with Crippen molar-refractivity contribution >= 4 is 5.57 Å². The summed E-state index contributed by atoms with van der Waals surface area (Å²) in [6, 6.07) is 13.4. The summed E-state index contributed by atoms with van der Waals surface area (Å²) in [6.07, 6.45) is 1.58. The van der Waals surface area contributed by atoms with Crippen LogP contribution >= 0.6 is 0 Å². The Bertz CT molecular complexity index is 611. The SMILES string of the molecule is COc1ccc(C(=CN)c2cc(OC)cc(OC)c2)cc1. The van der Waals surface area contributed by atoms with E-state index < -0.39 is 0 Å². The van der Waals surface area contributed by atoms with Crippen molar-refractivity contribution in [2.45, 2.75) is 0 Å². The van der Waals surface area contributed by atoms with Crippen molar-refractivity contribution in [1.29, 1.82) is 0 Å². The Balaban J connectivity index is 2.45. The van der Waals surface area contributed by atoms with E-state index in [0.717, 1.165) is 33.9 Å². The van der Waals surface area contributed by atoms with Crippen molar-refractivity contribution in [2.75, 3.05) is 21.3 Å². The quantitative estimate of drug-likeness (QED) is 0.917. The molecule has 0 bridgehead atoms. The highest BCUT2D eigenvalue weighted by atomic mass is 16.5. The van der Waals surface area contributed by atoms with Gasteiger partial charge in [-0.25, -0.2) is 0 Å². The van der Waals surface area contributed by atoms with Gasteiger partial charge in [-0.15, -0.1) is 0 Å². The molecule has 2 N–H and O–H groups in total. The zero-order valence-electron chi connectivity index (χ0n) is 12.4. The predicted octanol–water partition coefficient (Wildman–Crippen LogP) is 3.06. The van der Waals surface area contributed by atoms with Gasteiger partial charge >= 0.3 is 0 Å². The number of ether oxygens (including phenoxy) is 3. The van der Waals surface area contributed by atoms with Gasteiger partial charge in [-0.3, -0.25) is 0 Å². The summed E-state index contributed by atoms with van der Waals surface area (Å²) in [5, 5.41) is 0. The molecule has 0 atom stereocenters. The molecule has 0 aliphatic rings. The van der Waals surface area contributed by atoms with Crippen LogP contribution in [-0.2, 0) is 0 Å². The van der Waals surface area contributed by atoms with E-state index in [2.05, 4.69) is 0 Å². The summed E-state index contributed by atoms with van der Waals surface area (Å²) in [4.78, 5) is 0. The van der Waals surface area contributed by atoms with Crippen LogP contribution in [0.5, 0.6) is 17.2 Å². The molecule has 0 saturated carbocycles. The van der Waals surface area contributed by atoms with Crippen LogP contribution in [0.4, 0.5) is 0 Å². The molecule has 0 fully saturated rings. The van der Waals surface area contributed by atoms with Gasteiger partial charge in [0.15, 0.2) is 0 Å². The second-order valence-corrected chi connectivity index (χ2v) is 4.41. The van der Waals surface area contributed by atoms with Crippen molar-refractivity contribution in [3.05, 3.63) is 59.8 Å². The Morgan fingerprint density at radius 3 is 1.71 bits per heavy atom. The van der Waals surface area contributed by atoms with Crippen LogP contribution in [0.2, 0.25) is 0 Å². The fourth-order valence-corrected chi connectivity index (χ4v) is 2.09. The largest absolute Gasteiger partial charge is 0.497 e. The van der Waals surface area contributed by atoms with E-state index in [4.69, 9.17) is 19.9 Å². The van der Waals surface area contributed by atoms with Gasteiger partial charge in [-0.05, 0) is 35.4 Å². The first-order valence-electron chi connectivity index (χ1n) is 6.51. The minimum Gasteiger partial charge on any atom is -0.497 e. The fourth-order valence-electron chi connectivity index (χ4n) is 2.09. The van der Waals surface area contributed by atoms with E-state index >= 15 is 0 Å².